The molecule has 1 aromatic carbocycles. The fourth-order valence-corrected chi connectivity index (χ4v) is 1.01. The summed E-state index contributed by atoms with van der Waals surface area (Å²) in [6.07, 6.45) is 0. The monoisotopic (exact) mass is 178 g/mol. The first kappa shape index (κ1) is 9.25. The number of benzene rings is 1. The van der Waals surface area contributed by atoms with Crippen molar-refractivity contribution in [1.29, 1.82) is 5.41 Å². The van der Waals surface area contributed by atoms with Crippen LogP contribution in [-0.4, -0.2) is 16.8 Å². The highest BCUT2D eigenvalue weighted by Crippen LogP contribution is 2.14. The van der Waals surface area contributed by atoms with E-state index < -0.39 is 5.97 Å². The first-order valence-corrected chi connectivity index (χ1v) is 3.70. The summed E-state index contributed by atoms with van der Waals surface area (Å²) in [5, 5.41) is 16.0. The summed E-state index contributed by atoms with van der Waals surface area (Å²) < 4.78 is 0. The van der Waals surface area contributed by atoms with Crippen LogP contribution in [0.3, 0.4) is 0 Å². The van der Waals surface area contributed by atoms with Crippen LogP contribution in [0.2, 0.25) is 0 Å². The van der Waals surface area contributed by atoms with Gasteiger partial charge < -0.3 is 16.2 Å². The van der Waals surface area contributed by atoms with Crippen molar-refractivity contribution in [1.82, 2.24) is 0 Å². The number of carboxylic acid groups (broad SMARTS) is 1. The van der Waals surface area contributed by atoms with E-state index >= 15 is 0 Å². The maximum absolute atomic E-state index is 10.6. The Bertz CT molecular complexity index is 372. The Hall–Kier alpha value is -1.84. The van der Waals surface area contributed by atoms with E-state index in [9.17, 15) is 4.79 Å². The van der Waals surface area contributed by atoms with Gasteiger partial charge in [0.1, 0.15) is 0 Å². The number of nitrogen functional groups attached to an aromatic ring is 1. The molecule has 0 aliphatic carbocycles. The van der Waals surface area contributed by atoms with Gasteiger partial charge in [-0.1, -0.05) is 0 Å². The quantitative estimate of drug-likeness (QED) is 0.472. The maximum atomic E-state index is 10.6. The number of hydrogen-bond donors (Lipinski definition) is 3. The Kier molecular flexibility index (Phi) is 2.32. The zero-order valence-corrected chi connectivity index (χ0v) is 7.16. The molecule has 0 unspecified atom stereocenters. The van der Waals surface area contributed by atoms with Crippen LogP contribution >= 0.6 is 0 Å². The van der Waals surface area contributed by atoms with Crippen LogP contribution in [0.25, 0.3) is 0 Å². The molecule has 0 saturated heterocycles. The summed E-state index contributed by atoms with van der Waals surface area (Å²) in [7, 11) is 0. The average Bonchev–Trinajstić information content (AvgIpc) is 2.04. The number of nitrogens with one attached hydrogen (secondary N) is 1. The van der Waals surface area contributed by atoms with E-state index in [1.807, 2.05) is 0 Å². The van der Waals surface area contributed by atoms with Gasteiger partial charge in [-0.15, -0.1) is 0 Å². The maximum Gasteiger partial charge on any atom is 0.335 e. The first-order chi connectivity index (χ1) is 6.02. The third-order valence-corrected chi connectivity index (χ3v) is 1.70. The highest BCUT2D eigenvalue weighted by molar-refractivity contribution is 6.03. The number of aromatic carboxylic acids is 1. The lowest BCUT2D eigenvalue weighted by Gasteiger charge is -2.04. The third kappa shape index (κ3) is 1.84. The molecule has 0 atom stereocenters. The van der Waals surface area contributed by atoms with Crippen LogP contribution in [0.5, 0.6) is 0 Å². The summed E-state index contributed by atoms with van der Waals surface area (Å²) >= 11 is 0. The SMILES string of the molecule is CC(=N)c1cc(C(=O)O)ccc1N. The van der Waals surface area contributed by atoms with Crippen molar-refractivity contribution < 1.29 is 9.90 Å². The van der Waals surface area contributed by atoms with Crippen molar-refractivity contribution in [2.75, 3.05) is 5.73 Å². The van der Waals surface area contributed by atoms with Crippen LogP contribution in [0, 0.1) is 5.41 Å². The number of anilines is 1. The van der Waals surface area contributed by atoms with Gasteiger partial charge in [-0.3, -0.25) is 0 Å². The molecule has 1 aromatic rings. The van der Waals surface area contributed by atoms with Gasteiger partial charge in [0.25, 0.3) is 0 Å². The standard InChI is InChI=1S/C9H10N2O2/c1-5(10)7-4-6(9(12)13)2-3-8(7)11/h2-4,10H,11H2,1H3,(H,12,13). The number of carboxylic acids is 1. The van der Waals surface area contributed by atoms with E-state index in [2.05, 4.69) is 0 Å². The molecule has 0 spiro atoms. The Morgan fingerprint density at radius 2 is 2.15 bits per heavy atom. The summed E-state index contributed by atoms with van der Waals surface area (Å²) in [5.41, 5.74) is 6.87. The van der Waals surface area contributed by atoms with Crippen LogP contribution in [-0.2, 0) is 0 Å². The molecule has 4 heteroatoms. The van der Waals surface area contributed by atoms with Gasteiger partial charge in [0.15, 0.2) is 0 Å². The van der Waals surface area contributed by atoms with Crippen LogP contribution in [0.15, 0.2) is 18.2 Å². The number of hydrogen-bond acceptors (Lipinski definition) is 3. The average molecular weight is 178 g/mol. The van der Waals surface area contributed by atoms with Gasteiger partial charge in [-0.05, 0) is 25.1 Å². The van der Waals surface area contributed by atoms with Crippen molar-refractivity contribution in [3.63, 3.8) is 0 Å². The highest BCUT2D eigenvalue weighted by Gasteiger charge is 2.07. The Balaban J connectivity index is 3.27. The number of rotatable bonds is 2. The van der Waals surface area contributed by atoms with Gasteiger partial charge in [0.2, 0.25) is 0 Å². The lowest BCUT2D eigenvalue weighted by atomic mass is 10.1. The molecule has 0 amide bonds. The van der Waals surface area contributed by atoms with Gasteiger partial charge in [-0.2, -0.15) is 0 Å². The van der Waals surface area contributed by atoms with Crippen molar-refractivity contribution in [3.8, 4) is 0 Å². The normalized spacial score (nSPS) is 9.62. The fraction of sp³-hybridized carbons (Fsp3) is 0.111. The molecule has 4 nitrogen and oxygen atoms in total. The second kappa shape index (κ2) is 3.26. The predicted molar refractivity (Wildman–Crippen MR) is 50.3 cm³/mol. The van der Waals surface area contributed by atoms with Crippen molar-refractivity contribution in [3.05, 3.63) is 29.3 Å². The summed E-state index contributed by atoms with van der Waals surface area (Å²) in [6.45, 7) is 1.57. The van der Waals surface area contributed by atoms with Crippen LogP contribution in [0.1, 0.15) is 22.8 Å². The second-order valence-corrected chi connectivity index (χ2v) is 2.73. The zero-order chi connectivity index (χ0) is 10.0. The molecule has 0 aliphatic heterocycles. The van der Waals surface area contributed by atoms with Crippen molar-refractivity contribution in [2.24, 2.45) is 0 Å². The van der Waals surface area contributed by atoms with E-state index in [0.717, 1.165) is 0 Å². The number of carbonyl (C=O) groups is 1. The van der Waals surface area contributed by atoms with E-state index in [1.165, 1.54) is 18.2 Å². The summed E-state index contributed by atoms with van der Waals surface area (Å²) in [4.78, 5) is 10.6. The van der Waals surface area contributed by atoms with Gasteiger partial charge in [0, 0.05) is 17.0 Å². The molecule has 0 aromatic heterocycles. The lowest BCUT2D eigenvalue weighted by molar-refractivity contribution is 0.0697. The summed E-state index contributed by atoms with van der Waals surface area (Å²) in [5.74, 6) is -1.01. The van der Waals surface area contributed by atoms with Gasteiger partial charge in [0.05, 0.1) is 5.56 Å². The molecule has 0 fully saturated rings. The topological polar surface area (TPSA) is 87.2 Å². The molecule has 0 aliphatic rings. The molecule has 4 N–H and O–H groups in total. The van der Waals surface area contributed by atoms with E-state index in [0.29, 0.717) is 11.3 Å². The van der Waals surface area contributed by atoms with E-state index in [-0.39, 0.29) is 11.3 Å². The Morgan fingerprint density at radius 3 is 2.62 bits per heavy atom. The summed E-state index contributed by atoms with van der Waals surface area (Å²) in [6, 6.07) is 4.32. The molecule has 0 heterocycles. The lowest BCUT2D eigenvalue weighted by Crippen LogP contribution is -2.03. The predicted octanol–water partition coefficient (Wildman–Crippen LogP) is 1.35. The highest BCUT2D eigenvalue weighted by atomic mass is 16.4. The molecule has 68 valence electrons. The van der Waals surface area contributed by atoms with Crippen molar-refractivity contribution >= 4 is 17.4 Å². The molecule has 0 radical (unpaired) electrons. The van der Waals surface area contributed by atoms with Gasteiger partial charge >= 0.3 is 5.97 Å². The Labute approximate surface area is 75.5 Å². The smallest absolute Gasteiger partial charge is 0.335 e. The third-order valence-electron chi connectivity index (χ3n) is 1.70. The molecular formula is C9H10N2O2. The largest absolute Gasteiger partial charge is 0.478 e. The van der Waals surface area contributed by atoms with Crippen LogP contribution in [0.4, 0.5) is 5.69 Å². The minimum atomic E-state index is -1.01. The van der Waals surface area contributed by atoms with Crippen LogP contribution < -0.4 is 5.73 Å². The molecular weight excluding hydrogens is 168 g/mol. The first-order valence-electron chi connectivity index (χ1n) is 3.70. The minimum Gasteiger partial charge on any atom is -0.478 e. The fourth-order valence-electron chi connectivity index (χ4n) is 1.01. The van der Waals surface area contributed by atoms with Crippen molar-refractivity contribution in [2.45, 2.75) is 6.92 Å². The Morgan fingerprint density at radius 1 is 1.54 bits per heavy atom. The van der Waals surface area contributed by atoms with E-state index in [1.54, 1.807) is 6.92 Å². The molecule has 1 rings (SSSR count). The van der Waals surface area contributed by atoms with Gasteiger partial charge in [-0.25, -0.2) is 4.79 Å². The minimum absolute atomic E-state index is 0.149. The molecule has 0 bridgehead atoms. The second-order valence-electron chi connectivity index (χ2n) is 2.73. The van der Waals surface area contributed by atoms with E-state index in [4.69, 9.17) is 16.2 Å². The molecule has 13 heavy (non-hydrogen) atoms. The zero-order valence-electron chi connectivity index (χ0n) is 7.16. The number of nitrogens with two attached hydrogens (primary N) is 1. The molecule has 0 saturated carbocycles.